The Morgan fingerprint density at radius 2 is 1.23 bits per heavy atom. The third-order valence-electron chi connectivity index (χ3n) is 5.57. The van der Waals surface area contributed by atoms with Crippen LogP contribution in [0.4, 0.5) is 0 Å². The van der Waals surface area contributed by atoms with Crippen LogP contribution in [0.2, 0.25) is 0 Å². The molecule has 0 aliphatic heterocycles. The Morgan fingerprint density at radius 3 is 1.74 bits per heavy atom. The Labute approximate surface area is 186 Å². The summed E-state index contributed by atoms with van der Waals surface area (Å²) in [7, 11) is 2.34. The molecule has 4 aromatic rings. The molecule has 0 radical (unpaired) electrons. The van der Waals surface area contributed by atoms with Crippen molar-refractivity contribution in [2.24, 2.45) is 0 Å². The highest BCUT2D eigenvalue weighted by molar-refractivity contribution is 7.10. The van der Waals surface area contributed by atoms with Crippen LogP contribution in [0.3, 0.4) is 0 Å². The molecule has 31 heavy (non-hydrogen) atoms. The van der Waals surface area contributed by atoms with Gasteiger partial charge >= 0.3 is 0 Å². The van der Waals surface area contributed by atoms with Crippen molar-refractivity contribution in [3.8, 4) is 28.0 Å². The maximum absolute atomic E-state index is 13.9. The molecule has 0 aromatic heterocycles. The fourth-order valence-corrected chi connectivity index (χ4v) is 4.54. The molecule has 154 valence electrons. The van der Waals surface area contributed by atoms with Crippen LogP contribution in [0.25, 0.3) is 22.3 Å². The van der Waals surface area contributed by atoms with E-state index in [2.05, 4.69) is 28.5 Å². The van der Waals surface area contributed by atoms with E-state index in [1.807, 2.05) is 86.6 Å². The molecule has 1 atom stereocenters. The van der Waals surface area contributed by atoms with Gasteiger partial charge in [0.25, 0.3) is 0 Å². The van der Waals surface area contributed by atoms with E-state index in [0.29, 0.717) is 11.3 Å². The van der Waals surface area contributed by atoms with Crippen molar-refractivity contribution in [2.75, 3.05) is 0 Å². The van der Waals surface area contributed by atoms with Crippen molar-refractivity contribution in [1.29, 1.82) is 0 Å². The zero-order chi connectivity index (χ0) is 22.0. The first-order valence-corrected chi connectivity index (χ1v) is 10.8. The summed E-state index contributed by atoms with van der Waals surface area (Å²) in [5, 5.41) is 0. The molecule has 1 unspecified atom stereocenters. The van der Waals surface area contributed by atoms with Gasteiger partial charge in [-0.25, -0.2) is 0 Å². The quantitative estimate of drug-likeness (QED) is 0.247. The van der Waals surface area contributed by atoms with Gasteiger partial charge in [-0.15, -0.1) is 0 Å². The van der Waals surface area contributed by atoms with Gasteiger partial charge in [-0.2, -0.15) is 0 Å². The molecule has 0 aliphatic rings. The van der Waals surface area contributed by atoms with Gasteiger partial charge in [0.2, 0.25) is 0 Å². The van der Waals surface area contributed by atoms with Gasteiger partial charge in [0.05, 0.1) is 9.47 Å². The third-order valence-corrected chi connectivity index (χ3v) is 5.82. The van der Waals surface area contributed by atoms with Crippen LogP contribution in [-0.4, -0.2) is 5.78 Å². The average Bonchev–Trinajstić information content (AvgIpc) is 2.78. The first-order chi connectivity index (χ1) is 15.0. The number of benzene rings is 4. The number of hydrogen-bond donors (Lipinski definition) is 0. The molecule has 0 fully saturated rings. The van der Waals surface area contributed by atoms with Crippen molar-refractivity contribution < 1.29 is 9.32 Å². The summed E-state index contributed by atoms with van der Waals surface area (Å²) in [6, 6.07) is 28.0. The van der Waals surface area contributed by atoms with Crippen LogP contribution in [-0.2, 0) is 0 Å². The highest BCUT2D eigenvalue weighted by Gasteiger charge is 2.24. The lowest BCUT2D eigenvalue weighted by Gasteiger charge is -2.19. The molecular formula is C28H25O2P. The van der Waals surface area contributed by atoms with Crippen molar-refractivity contribution in [1.82, 2.24) is 0 Å². The van der Waals surface area contributed by atoms with Gasteiger partial charge in [-0.05, 0) is 55.2 Å². The first kappa shape index (κ1) is 21.0. The van der Waals surface area contributed by atoms with Gasteiger partial charge in [-0.1, -0.05) is 78.4 Å². The monoisotopic (exact) mass is 424 g/mol. The zero-order valence-corrected chi connectivity index (χ0v) is 19.1. The predicted molar refractivity (Wildman–Crippen MR) is 132 cm³/mol. The molecule has 4 rings (SSSR count). The van der Waals surface area contributed by atoms with Crippen LogP contribution in [0, 0.1) is 20.8 Å². The highest BCUT2D eigenvalue weighted by Crippen LogP contribution is 2.43. The van der Waals surface area contributed by atoms with E-state index >= 15 is 0 Å². The summed E-state index contributed by atoms with van der Waals surface area (Å²) < 4.78 is 5.67. The van der Waals surface area contributed by atoms with E-state index in [1.54, 1.807) is 0 Å². The Balaban J connectivity index is 2.06. The average molecular weight is 424 g/mol. The molecule has 0 spiro atoms. The Hall–Kier alpha value is -3.22. The van der Waals surface area contributed by atoms with E-state index in [9.17, 15) is 4.79 Å². The number of carbonyl (C=O) groups excluding carboxylic acids is 1. The number of rotatable bonds is 5. The van der Waals surface area contributed by atoms with E-state index in [0.717, 1.165) is 44.5 Å². The minimum Gasteiger partial charge on any atom is -0.480 e. The minimum atomic E-state index is 0.0290. The molecule has 0 N–H and O–H groups in total. The Bertz CT molecular complexity index is 1220. The first-order valence-electron chi connectivity index (χ1n) is 10.3. The second kappa shape index (κ2) is 8.88. The van der Waals surface area contributed by atoms with Gasteiger partial charge in [0.1, 0.15) is 5.75 Å². The van der Waals surface area contributed by atoms with Crippen molar-refractivity contribution in [3.05, 3.63) is 113 Å². The van der Waals surface area contributed by atoms with Crippen LogP contribution >= 0.6 is 9.47 Å². The van der Waals surface area contributed by atoms with E-state index in [1.165, 1.54) is 0 Å². The van der Waals surface area contributed by atoms with E-state index in [4.69, 9.17) is 4.52 Å². The molecule has 0 saturated heterocycles. The summed E-state index contributed by atoms with van der Waals surface area (Å²) in [6.45, 7) is 6.07. The molecule has 0 heterocycles. The van der Waals surface area contributed by atoms with Crippen molar-refractivity contribution >= 4 is 15.2 Å². The molecule has 0 saturated carbocycles. The molecule has 3 heteroatoms. The lowest BCUT2D eigenvalue weighted by Crippen LogP contribution is -2.09. The van der Waals surface area contributed by atoms with E-state index < -0.39 is 0 Å². The molecule has 2 nitrogen and oxygen atoms in total. The normalized spacial score (nSPS) is 10.7. The summed E-state index contributed by atoms with van der Waals surface area (Å²) in [4.78, 5) is 13.9. The van der Waals surface area contributed by atoms with Gasteiger partial charge in [0.15, 0.2) is 5.78 Å². The standard InChI is InChI=1S/C28H25O2P/c1-18-16-19(2)25(20(3)17-18)28(29)23-14-15-24(30-31)27(22-12-8-5-9-13-22)26(23)21-10-6-4-7-11-21/h4-17H,31H2,1-3H3. The summed E-state index contributed by atoms with van der Waals surface area (Å²) in [5.74, 6) is 0.741. The topological polar surface area (TPSA) is 26.3 Å². The Kier molecular flexibility index (Phi) is 6.02. The zero-order valence-electron chi connectivity index (χ0n) is 18.0. The SMILES string of the molecule is Cc1cc(C)c(C(=O)c2ccc(OP)c(-c3ccccc3)c2-c2ccccc2)c(C)c1. The predicted octanol–water partition coefficient (Wildman–Crippen LogP) is 7.35. The second-order valence-electron chi connectivity index (χ2n) is 7.81. The molecule has 0 aliphatic carbocycles. The molecule has 4 aromatic carbocycles. The van der Waals surface area contributed by atoms with Gasteiger partial charge < -0.3 is 4.52 Å². The lowest BCUT2D eigenvalue weighted by molar-refractivity contribution is 0.103. The Morgan fingerprint density at radius 1 is 0.710 bits per heavy atom. The van der Waals surface area contributed by atoms with Crippen LogP contribution in [0.5, 0.6) is 5.75 Å². The van der Waals surface area contributed by atoms with Crippen LogP contribution < -0.4 is 4.52 Å². The number of aryl methyl sites for hydroxylation is 3. The number of carbonyl (C=O) groups is 1. The van der Waals surface area contributed by atoms with Crippen LogP contribution in [0.1, 0.15) is 32.6 Å². The highest BCUT2D eigenvalue weighted by atomic mass is 31.0. The second-order valence-corrected chi connectivity index (χ2v) is 8.05. The summed E-state index contributed by atoms with van der Waals surface area (Å²) >= 11 is 0. The minimum absolute atomic E-state index is 0.0290. The van der Waals surface area contributed by atoms with Crippen LogP contribution in [0.15, 0.2) is 84.9 Å². The molecular weight excluding hydrogens is 399 g/mol. The van der Waals surface area contributed by atoms with Gasteiger partial charge in [0, 0.05) is 22.3 Å². The summed E-state index contributed by atoms with van der Waals surface area (Å²) in [5.41, 5.74) is 8.37. The largest absolute Gasteiger partial charge is 0.480 e. The van der Waals surface area contributed by atoms with Crippen molar-refractivity contribution in [2.45, 2.75) is 20.8 Å². The van der Waals surface area contributed by atoms with Gasteiger partial charge in [-0.3, -0.25) is 4.79 Å². The maximum Gasteiger partial charge on any atom is 0.194 e. The third kappa shape index (κ3) is 4.04. The smallest absolute Gasteiger partial charge is 0.194 e. The maximum atomic E-state index is 13.9. The number of hydrogen-bond acceptors (Lipinski definition) is 2. The molecule has 0 bridgehead atoms. The summed E-state index contributed by atoms with van der Waals surface area (Å²) in [6.07, 6.45) is 0. The lowest BCUT2D eigenvalue weighted by atomic mass is 9.85. The fraction of sp³-hybridized carbons (Fsp3) is 0.107. The van der Waals surface area contributed by atoms with E-state index in [-0.39, 0.29) is 5.78 Å². The molecule has 0 amide bonds. The van der Waals surface area contributed by atoms with Crippen molar-refractivity contribution in [3.63, 3.8) is 0 Å². The number of ketones is 1. The fourth-order valence-electron chi connectivity index (χ4n) is 4.34.